The van der Waals surface area contributed by atoms with Gasteiger partial charge in [0, 0.05) is 6.54 Å². The molecule has 0 atom stereocenters. The minimum Gasteiger partial charge on any atom is -0.309 e. The molecule has 0 aliphatic rings. The van der Waals surface area contributed by atoms with Crippen LogP contribution in [0.15, 0.2) is 24.3 Å². The zero-order chi connectivity index (χ0) is 18.8. The lowest BCUT2D eigenvalue weighted by Crippen LogP contribution is -2.32. The first-order valence-corrected chi connectivity index (χ1v) is 10.5. The highest BCUT2D eigenvalue weighted by molar-refractivity contribution is 7.22. The Hall–Kier alpha value is -1.47. The molecule has 0 saturated carbocycles. The summed E-state index contributed by atoms with van der Waals surface area (Å²) < 4.78 is 1.74. The molecule has 0 radical (unpaired) electrons. The minimum atomic E-state index is -0.0333. The number of aryl methyl sites for hydroxylation is 2. The molecule has 0 aliphatic carbocycles. The second-order valence-corrected chi connectivity index (χ2v) is 9.37. The van der Waals surface area contributed by atoms with Gasteiger partial charge in [-0.3, -0.25) is 9.69 Å². The van der Waals surface area contributed by atoms with Crippen molar-refractivity contribution in [2.45, 2.75) is 20.3 Å². The minimum absolute atomic E-state index is 0.0333. The van der Waals surface area contributed by atoms with Crippen LogP contribution in [0.5, 0.6) is 0 Å². The van der Waals surface area contributed by atoms with Gasteiger partial charge in [-0.1, -0.05) is 29.0 Å². The van der Waals surface area contributed by atoms with Crippen LogP contribution in [0.3, 0.4) is 0 Å². The van der Waals surface area contributed by atoms with Gasteiger partial charge in [-0.25, -0.2) is 4.98 Å². The van der Waals surface area contributed by atoms with Gasteiger partial charge in [0.25, 0.3) is 5.91 Å². The molecule has 2 aromatic heterocycles. The quantitative estimate of drug-likeness (QED) is 0.561. The van der Waals surface area contributed by atoms with E-state index in [0.717, 1.165) is 33.9 Å². The second kappa shape index (κ2) is 8.05. The number of hydrogen-bond acceptors (Lipinski definition) is 5. The van der Waals surface area contributed by atoms with E-state index in [4.69, 9.17) is 16.6 Å². The summed E-state index contributed by atoms with van der Waals surface area (Å²) in [6.45, 7) is 5.69. The first-order valence-electron chi connectivity index (χ1n) is 8.45. The third-order valence-corrected chi connectivity index (χ3v) is 6.31. The molecule has 0 fully saturated rings. The zero-order valence-corrected chi connectivity index (χ0v) is 17.8. The summed E-state index contributed by atoms with van der Waals surface area (Å²) in [6.07, 6.45) is 0.881. The van der Waals surface area contributed by atoms with Crippen LogP contribution in [0, 0.1) is 13.8 Å². The first kappa shape index (κ1) is 19.3. The summed E-state index contributed by atoms with van der Waals surface area (Å²) in [7, 11) is 4.07. The van der Waals surface area contributed by atoms with Crippen molar-refractivity contribution in [1.82, 2.24) is 9.88 Å². The van der Waals surface area contributed by atoms with Crippen LogP contribution in [-0.2, 0) is 0 Å². The average molecular weight is 408 g/mol. The van der Waals surface area contributed by atoms with Gasteiger partial charge in [-0.05, 0) is 70.2 Å². The molecule has 0 N–H and O–H groups in total. The summed E-state index contributed by atoms with van der Waals surface area (Å²) in [5.74, 6) is -0.0333. The number of thiazole rings is 1. The fourth-order valence-electron chi connectivity index (χ4n) is 2.87. The molecule has 1 aromatic carbocycles. The molecular formula is C19H22ClN3OS2. The Kier molecular flexibility index (Phi) is 5.97. The smallest absolute Gasteiger partial charge is 0.270 e. The maximum absolute atomic E-state index is 13.1. The van der Waals surface area contributed by atoms with Crippen molar-refractivity contribution in [2.24, 2.45) is 0 Å². The Bertz CT molecular complexity index is 932. The summed E-state index contributed by atoms with van der Waals surface area (Å²) in [5.41, 5.74) is 3.33. The van der Waals surface area contributed by atoms with Crippen LogP contribution in [0.2, 0.25) is 4.34 Å². The van der Waals surface area contributed by atoms with Crippen molar-refractivity contribution in [3.63, 3.8) is 0 Å². The number of hydrogen-bond donors (Lipinski definition) is 0. The molecule has 4 nitrogen and oxygen atoms in total. The van der Waals surface area contributed by atoms with Crippen LogP contribution in [-0.4, -0.2) is 43.0 Å². The SMILES string of the molecule is Cc1cc(C)c2nc(N(CCCN(C)C)C(=O)c3ccc(Cl)s3)sc2c1. The molecule has 0 unspecified atom stereocenters. The zero-order valence-electron chi connectivity index (χ0n) is 15.4. The van der Waals surface area contributed by atoms with Gasteiger partial charge in [0.2, 0.25) is 0 Å². The van der Waals surface area contributed by atoms with Crippen molar-refractivity contribution in [3.05, 3.63) is 44.6 Å². The average Bonchev–Trinajstić information content (AvgIpc) is 3.17. The van der Waals surface area contributed by atoms with Crippen molar-refractivity contribution < 1.29 is 4.79 Å². The van der Waals surface area contributed by atoms with Crippen LogP contribution in [0.1, 0.15) is 27.2 Å². The molecule has 0 aliphatic heterocycles. The van der Waals surface area contributed by atoms with Gasteiger partial charge in [0.05, 0.1) is 19.4 Å². The van der Waals surface area contributed by atoms with E-state index in [2.05, 4.69) is 30.9 Å². The van der Waals surface area contributed by atoms with E-state index in [1.807, 2.05) is 14.1 Å². The van der Waals surface area contributed by atoms with E-state index in [9.17, 15) is 4.79 Å². The molecule has 7 heteroatoms. The van der Waals surface area contributed by atoms with Gasteiger partial charge < -0.3 is 4.90 Å². The molecule has 3 aromatic rings. The molecule has 0 saturated heterocycles. The molecule has 3 rings (SSSR count). The van der Waals surface area contributed by atoms with E-state index in [0.29, 0.717) is 15.8 Å². The van der Waals surface area contributed by atoms with Crippen LogP contribution in [0.25, 0.3) is 10.2 Å². The number of rotatable bonds is 6. The lowest BCUT2D eigenvalue weighted by atomic mass is 10.1. The van der Waals surface area contributed by atoms with E-state index >= 15 is 0 Å². The van der Waals surface area contributed by atoms with E-state index in [1.165, 1.54) is 16.9 Å². The first-order chi connectivity index (χ1) is 12.3. The number of aromatic nitrogens is 1. The maximum Gasteiger partial charge on any atom is 0.270 e. The van der Waals surface area contributed by atoms with E-state index in [1.54, 1.807) is 28.4 Å². The summed E-state index contributed by atoms with van der Waals surface area (Å²) >= 11 is 8.92. The Labute approximate surface area is 167 Å². The molecule has 0 spiro atoms. The van der Waals surface area contributed by atoms with Gasteiger partial charge in [-0.15, -0.1) is 11.3 Å². The number of carbonyl (C=O) groups is 1. The van der Waals surface area contributed by atoms with Gasteiger partial charge in [0.1, 0.15) is 0 Å². The Morgan fingerprint density at radius 3 is 2.58 bits per heavy atom. The van der Waals surface area contributed by atoms with Gasteiger partial charge in [0.15, 0.2) is 5.13 Å². The number of anilines is 1. The van der Waals surface area contributed by atoms with E-state index < -0.39 is 0 Å². The number of thiophene rings is 1. The highest BCUT2D eigenvalue weighted by Gasteiger charge is 2.23. The topological polar surface area (TPSA) is 36.4 Å². The van der Waals surface area contributed by atoms with Crippen molar-refractivity contribution in [2.75, 3.05) is 32.1 Å². The van der Waals surface area contributed by atoms with Gasteiger partial charge in [-0.2, -0.15) is 0 Å². The maximum atomic E-state index is 13.1. The summed E-state index contributed by atoms with van der Waals surface area (Å²) in [4.78, 5) is 22.4. The highest BCUT2D eigenvalue weighted by atomic mass is 35.5. The van der Waals surface area contributed by atoms with Crippen LogP contribution >= 0.6 is 34.3 Å². The highest BCUT2D eigenvalue weighted by Crippen LogP contribution is 2.33. The molecule has 1 amide bonds. The number of benzene rings is 1. The fraction of sp³-hybridized carbons (Fsp3) is 0.368. The molecule has 0 bridgehead atoms. The Morgan fingerprint density at radius 1 is 1.15 bits per heavy atom. The number of amides is 1. The predicted molar refractivity (Wildman–Crippen MR) is 113 cm³/mol. The predicted octanol–water partition coefficient (Wildman–Crippen LogP) is 5.23. The monoisotopic (exact) mass is 407 g/mol. The van der Waals surface area contributed by atoms with Crippen molar-refractivity contribution in [1.29, 1.82) is 0 Å². The molecule has 138 valence electrons. The number of carbonyl (C=O) groups excluding carboxylic acids is 1. The second-order valence-electron chi connectivity index (χ2n) is 6.64. The standard InChI is InChI=1S/C19H22ClN3OS2/c1-12-10-13(2)17-15(11-12)26-19(21-17)23(9-5-8-22(3)4)18(24)14-6-7-16(20)25-14/h6-7,10-11H,5,8-9H2,1-4H3. The van der Waals surface area contributed by atoms with E-state index in [-0.39, 0.29) is 5.91 Å². The summed E-state index contributed by atoms with van der Waals surface area (Å²) in [5, 5.41) is 0.752. The van der Waals surface area contributed by atoms with Gasteiger partial charge >= 0.3 is 0 Å². The molecule has 2 heterocycles. The summed E-state index contributed by atoms with van der Waals surface area (Å²) in [6, 6.07) is 7.82. The Balaban J connectivity index is 1.96. The van der Waals surface area contributed by atoms with Crippen LogP contribution in [0.4, 0.5) is 5.13 Å². The third kappa shape index (κ3) is 4.26. The number of halogens is 1. The lowest BCUT2D eigenvalue weighted by Gasteiger charge is -2.20. The lowest BCUT2D eigenvalue weighted by molar-refractivity contribution is 0.0990. The fourth-order valence-corrected chi connectivity index (χ4v) is 5.02. The molecular weight excluding hydrogens is 386 g/mol. The molecule has 26 heavy (non-hydrogen) atoms. The number of nitrogens with zero attached hydrogens (tertiary/aromatic N) is 3. The number of fused-ring (bicyclic) bond motifs is 1. The Morgan fingerprint density at radius 2 is 1.92 bits per heavy atom. The largest absolute Gasteiger partial charge is 0.309 e. The normalized spacial score (nSPS) is 11.5. The van der Waals surface area contributed by atoms with Crippen molar-refractivity contribution in [3.8, 4) is 0 Å². The van der Waals surface area contributed by atoms with Crippen LogP contribution < -0.4 is 4.90 Å². The third-order valence-electron chi connectivity index (χ3n) is 4.07. The van der Waals surface area contributed by atoms with Crippen molar-refractivity contribution >= 4 is 55.5 Å².